The van der Waals surface area contributed by atoms with Crippen molar-refractivity contribution in [2.24, 2.45) is 0 Å². The molecule has 0 aliphatic carbocycles. The highest BCUT2D eigenvalue weighted by molar-refractivity contribution is 5.63. The van der Waals surface area contributed by atoms with E-state index in [-0.39, 0.29) is 6.61 Å². The van der Waals surface area contributed by atoms with Crippen LogP contribution in [0.2, 0.25) is 0 Å². The minimum absolute atomic E-state index is 0.0929. The largest absolute Gasteiger partial charge is 0.392 e. The molecule has 1 aromatic carbocycles. The van der Waals surface area contributed by atoms with E-state index >= 15 is 0 Å². The summed E-state index contributed by atoms with van der Waals surface area (Å²) in [6.07, 6.45) is 1.81. The molecule has 0 atom stereocenters. The fraction of sp³-hybridized carbons (Fsp3) is 0.154. The molecule has 0 bridgehead atoms. The Morgan fingerprint density at radius 1 is 1.07 bits per heavy atom. The zero-order chi connectivity index (χ0) is 10.7. The Hall–Kier alpha value is -1.67. The molecule has 15 heavy (non-hydrogen) atoms. The summed E-state index contributed by atoms with van der Waals surface area (Å²) in [6, 6.07) is 11.9. The van der Waals surface area contributed by atoms with Crippen LogP contribution in [0.25, 0.3) is 11.1 Å². The van der Waals surface area contributed by atoms with Crippen LogP contribution in [0, 0.1) is 6.92 Å². The number of hydrogen-bond acceptors (Lipinski definition) is 2. The SMILES string of the molecule is Cc1cc(-c2ccc(CO)cc2)ccn1. The van der Waals surface area contributed by atoms with Gasteiger partial charge in [-0.3, -0.25) is 4.98 Å². The molecule has 2 nitrogen and oxygen atoms in total. The van der Waals surface area contributed by atoms with E-state index in [0.29, 0.717) is 0 Å². The Balaban J connectivity index is 2.37. The van der Waals surface area contributed by atoms with Crippen molar-refractivity contribution < 1.29 is 5.11 Å². The first-order valence-corrected chi connectivity index (χ1v) is 4.92. The average molecular weight is 199 g/mol. The molecule has 2 rings (SSSR count). The summed E-state index contributed by atoms with van der Waals surface area (Å²) in [5.74, 6) is 0. The second-order valence-electron chi connectivity index (χ2n) is 3.54. The van der Waals surface area contributed by atoms with E-state index in [9.17, 15) is 0 Å². The molecule has 76 valence electrons. The molecule has 0 aliphatic heterocycles. The number of aliphatic hydroxyl groups excluding tert-OH is 1. The minimum atomic E-state index is 0.0929. The molecule has 0 saturated heterocycles. The van der Waals surface area contributed by atoms with E-state index in [1.54, 1.807) is 0 Å². The van der Waals surface area contributed by atoms with Gasteiger partial charge in [0, 0.05) is 11.9 Å². The summed E-state index contributed by atoms with van der Waals surface area (Å²) < 4.78 is 0. The van der Waals surface area contributed by atoms with Gasteiger partial charge in [0.1, 0.15) is 0 Å². The zero-order valence-corrected chi connectivity index (χ0v) is 8.64. The van der Waals surface area contributed by atoms with Crippen molar-refractivity contribution in [3.05, 3.63) is 53.9 Å². The van der Waals surface area contributed by atoms with Crippen LogP contribution in [-0.2, 0) is 6.61 Å². The lowest BCUT2D eigenvalue weighted by Crippen LogP contribution is -1.85. The number of aryl methyl sites for hydroxylation is 1. The molecule has 1 N–H and O–H groups in total. The molecule has 0 spiro atoms. The van der Waals surface area contributed by atoms with Crippen LogP contribution in [0.4, 0.5) is 0 Å². The van der Waals surface area contributed by atoms with Crippen molar-refractivity contribution in [2.75, 3.05) is 0 Å². The second-order valence-corrected chi connectivity index (χ2v) is 3.54. The third kappa shape index (κ3) is 2.22. The maximum Gasteiger partial charge on any atom is 0.0681 e. The topological polar surface area (TPSA) is 33.1 Å². The molecule has 0 saturated carbocycles. The lowest BCUT2D eigenvalue weighted by molar-refractivity contribution is 0.282. The van der Waals surface area contributed by atoms with Gasteiger partial charge < -0.3 is 5.11 Å². The summed E-state index contributed by atoms with van der Waals surface area (Å²) in [7, 11) is 0. The molecule has 1 aromatic heterocycles. The number of benzene rings is 1. The van der Waals surface area contributed by atoms with Gasteiger partial charge in [-0.2, -0.15) is 0 Å². The lowest BCUT2D eigenvalue weighted by atomic mass is 10.0. The molecular formula is C13H13NO. The maximum absolute atomic E-state index is 8.93. The molecule has 1 heterocycles. The van der Waals surface area contributed by atoms with E-state index in [1.807, 2.05) is 49.5 Å². The van der Waals surface area contributed by atoms with Crippen molar-refractivity contribution >= 4 is 0 Å². The first-order valence-electron chi connectivity index (χ1n) is 4.92. The molecule has 0 radical (unpaired) electrons. The van der Waals surface area contributed by atoms with Gasteiger partial charge in [-0.05, 0) is 35.7 Å². The number of rotatable bonds is 2. The van der Waals surface area contributed by atoms with Crippen molar-refractivity contribution in [3.63, 3.8) is 0 Å². The number of nitrogens with zero attached hydrogens (tertiary/aromatic N) is 1. The van der Waals surface area contributed by atoms with Crippen molar-refractivity contribution in [3.8, 4) is 11.1 Å². The van der Waals surface area contributed by atoms with Gasteiger partial charge in [-0.25, -0.2) is 0 Å². The predicted molar refractivity (Wildman–Crippen MR) is 60.3 cm³/mol. The Morgan fingerprint density at radius 3 is 2.40 bits per heavy atom. The molecule has 0 unspecified atom stereocenters. The minimum Gasteiger partial charge on any atom is -0.392 e. The van der Waals surface area contributed by atoms with E-state index in [4.69, 9.17) is 5.11 Å². The Bertz CT molecular complexity index is 448. The van der Waals surface area contributed by atoms with Crippen molar-refractivity contribution in [2.45, 2.75) is 13.5 Å². The monoisotopic (exact) mass is 199 g/mol. The third-order valence-electron chi connectivity index (χ3n) is 2.37. The Morgan fingerprint density at radius 2 is 1.80 bits per heavy atom. The number of hydrogen-bond donors (Lipinski definition) is 1. The van der Waals surface area contributed by atoms with Gasteiger partial charge in [-0.15, -0.1) is 0 Å². The van der Waals surface area contributed by atoms with Crippen LogP contribution in [0.1, 0.15) is 11.3 Å². The molecule has 0 fully saturated rings. The van der Waals surface area contributed by atoms with Gasteiger partial charge in [-0.1, -0.05) is 24.3 Å². The lowest BCUT2D eigenvalue weighted by Gasteiger charge is -2.03. The molecule has 2 aromatic rings. The summed E-state index contributed by atoms with van der Waals surface area (Å²) in [5.41, 5.74) is 4.26. The highest BCUT2D eigenvalue weighted by Gasteiger charge is 1.98. The Labute approximate surface area is 89.2 Å². The summed E-state index contributed by atoms with van der Waals surface area (Å²) in [6.45, 7) is 2.07. The average Bonchev–Trinajstić information content (AvgIpc) is 2.29. The number of aromatic nitrogens is 1. The number of pyridine rings is 1. The van der Waals surface area contributed by atoms with E-state index in [2.05, 4.69) is 4.98 Å². The molecule has 0 aliphatic rings. The second kappa shape index (κ2) is 4.24. The standard InChI is InChI=1S/C13H13NO/c1-10-8-13(6-7-14-10)12-4-2-11(9-15)3-5-12/h2-8,15H,9H2,1H3. The first-order chi connectivity index (χ1) is 7.29. The van der Waals surface area contributed by atoms with Crippen LogP contribution in [-0.4, -0.2) is 10.1 Å². The van der Waals surface area contributed by atoms with Gasteiger partial charge in [0.05, 0.1) is 6.61 Å². The van der Waals surface area contributed by atoms with Crippen molar-refractivity contribution in [1.82, 2.24) is 4.98 Å². The van der Waals surface area contributed by atoms with E-state index in [1.165, 1.54) is 0 Å². The summed E-state index contributed by atoms with van der Waals surface area (Å²) in [4.78, 5) is 4.16. The van der Waals surface area contributed by atoms with Gasteiger partial charge in [0.25, 0.3) is 0 Å². The smallest absolute Gasteiger partial charge is 0.0681 e. The normalized spacial score (nSPS) is 10.3. The van der Waals surface area contributed by atoms with E-state index in [0.717, 1.165) is 22.4 Å². The highest BCUT2D eigenvalue weighted by atomic mass is 16.3. The maximum atomic E-state index is 8.93. The van der Waals surface area contributed by atoms with Gasteiger partial charge in [0.2, 0.25) is 0 Å². The zero-order valence-electron chi connectivity index (χ0n) is 8.64. The first kappa shape index (κ1) is 9.87. The predicted octanol–water partition coefficient (Wildman–Crippen LogP) is 2.55. The van der Waals surface area contributed by atoms with Crippen LogP contribution in [0.15, 0.2) is 42.6 Å². The summed E-state index contributed by atoms with van der Waals surface area (Å²) >= 11 is 0. The molecule has 2 heteroatoms. The quantitative estimate of drug-likeness (QED) is 0.806. The molecular weight excluding hydrogens is 186 g/mol. The number of aliphatic hydroxyl groups is 1. The van der Waals surface area contributed by atoms with Crippen LogP contribution in [0.5, 0.6) is 0 Å². The Kier molecular flexibility index (Phi) is 2.79. The van der Waals surface area contributed by atoms with Crippen LogP contribution < -0.4 is 0 Å². The van der Waals surface area contributed by atoms with E-state index < -0.39 is 0 Å². The fourth-order valence-electron chi connectivity index (χ4n) is 1.53. The van der Waals surface area contributed by atoms with Gasteiger partial charge in [0.15, 0.2) is 0 Å². The third-order valence-corrected chi connectivity index (χ3v) is 2.37. The highest BCUT2D eigenvalue weighted by Crippen LogP contribution is 2.19. The van der Waals surface area contributed by atoms with Crippen LogP contribution >= 0.6 is 0 Å². The molecule has 0 amide bonds. The van der Waals surface area contributed by atoms with Gasteiger partial charge >= 0.3 is 0 Å². The van der Waals surface area contributed by atoms with Crippen molar-refractivity contribution in [1.29, 1.82) is 0 Å². The van der Waals surface area contributed by atoms with Crippen LogP contribution in [0.3, 0.4) is 0 Å². The fourth-order valence-corrected chi connectivity index (χ4v) is 1.53. The summed E-state index contributed by atoms with van der Waals surface area (Å²) in [5, 5.41) is 8.93.